The lowest BCUT2D eigenvalue weighted by Gasteiger charge is -2.28. The molecule has 0 spiro atoms. The summed E-state index contributed by atoms with van der Waals surface area (Å²) in [4.78, 5) is 19.6. The fraction of sp³-hybridized carbons (Fsp3) is 0.318. The molecule has 1 atom stereocenters. The standard InChI is InChI=1S/C22H26N4O/c1-5-16(2)26(14-20-11-6-7-12-23-20)22(27)19-10-8-9-18(13-19)21-15-25(4)24-17(21)3/h6-13,15-16H,5,14H2,1-4H3. The lowest BCUT2D eigenvalue weighted by atomic mass is 10.0. The van der Waals surface area contributed by atoms with Crippen molar-refractivity contribution in [1.82, 2.24) is 19.7 Å². The van der Waals surface area contributed by atoms with Crippen molar-refractivity contribution in [3.63, 3.8) is 0 Å². The van der Waals surface area contributed by atoms with Gasteiger partial charge in [-0.3, -0.25) is 14.5 Å². The van der Waals surface area contributed by atoms with Gasteiger partial charge in [-0.25, -0.2) is 0 Å². The van der Waals surface area contributed by atoms with Crippen molar-refractivity contribution in [2.75, 3.05) is 0 Å². The Morgan fingerprint density at radius 2 is 2.04 bits per heavy atom. The Morgan fingerprint density at radius 3 is 2.67 bits per heavy atom. The first kappa shape index (κ1) is 18.8. The van der Waals surface area contributed by atoms with Gasteiger partial charge in [0.2, 0.25) is 0 Å². The van der Waals surface area contributed by atoms with Crippen LogP contribution in [0.2, 0.25) is 0 Å². The lowest BCUT2D eigenvalue weighted by Crippen LogP contribution is -2.38. The average molecular weight is 362 g/mol. The largest absolute Gasteiger partial charge is 0.330 e. The number of nitrogens with zero attached hydrogens (tertiary/aromatic N) is 4. The Bertz CT molecular complexity index is 917. The Labute approximate surface area is 160 Å². The molecule has 3 aromatic rings. The van der Waals surface area contributed by atoms with Crippen LogP contribution in [-0.2, 0) is 13.6 Å². The molecule has 140 valence electrons. The van der Waals surface area contributed by atoms with E-state index in [0.717, 1.165) is 28.9 Å². The van der Waals surface area contributed by atoms with E-state index >= 15 is 0 Å². The van der Waals surface area contributed by atoms with Gasteiger partial charge < -0.3 is 4.90 Å². The van der Waals surface area contributed by atoms with Crippen LogP contribution in [0.4, 0.5) is 0 Å². The summed E-state index contributed by atoms with van der Waals surface area (Å²) >= 11 is 0. The van der Waals surface area contributed by atoms with Gasteiger partial charge in [-0.2, -0.15) is 5.10 Å². The van der Waals surface area contributed by atoms with E-state index in [1.807, 2.05) is 67.5 Å². The van der Waals surface area contributed by atoms with E-state index < -0.39 is 0 Å². The maximum Gasteiger partial charge on any atom is 0.254 e. The molecule has 0 saturated carbocycles. The molecule has 27 heavy (non-hydrogen) atoms. The van der Waals surface area contributed by atoms with E-state index in [0.29, 0.717) is 12.1 Å². The predicted octanol–water partition coefficient (Wildman–Crippen LogP) is 4.23. The maximum atomic E-state index is 13.3. The van der Waals surface area contributed by atoms with Gasteiger partial charge in [0.05, 0.1) is 17.9 Å². The van der Waals surface area contributed by atoms with Gasteiger partial charge in [0.1, 0.15) is 0 Å². The fourth-order valence-corrected chi connectivity index (χ4v) is 3.18. The van der Waals surface area contributed by atoms with Crippen LogP contribution in [-0.4, -0.2) is 31.6 Å². The number of carbonyl (C=O) groups excluding carboxylic acids is 1. The molecule has 0 aliphatic rings. The number of pyridine rings is 1. The molecular formula is C22H26N4O. The molecule has 1 amide bonds. The molecule has 0 aliphatic heterocycles. The fourth-order valence-electron chi connectivity index (χ4n) is 3.18. The summed E-state index contributed by atoms with van der Waals surface area (Å²) in [5, 5.41) is 4.41. The van der Waals surface area contributed by atoms with Crippen molar-refractivity contribution >= 4 is 5.91 Å². The van der Waals surface area contributed by atoms with Crippen LogP contribution in [0.5, 0.6) is 0 Å². The van der Waals surface area contributed by atoms with Gasteiger partial charge in [0, 0.05) is 36.6 Å². The van der Waals surface area contributed by atoms with Crippen LogP contribution < -0.4 is 0 Å². The zero-order valence-corrected chi connectivity index (χ0v) is 16.4. The Morgan fingerprint density at radius 1 is 1.22 bits per heavy atom. The molecule has 0 radical (unpaired) electrons. The number of benzene rings is 1. The first-order chi connectivity index (χ1) is 13.0. The van der Waals surface area contributed by atoms with E-state index in [2.05, 4.69) is 23.9 Å². The Hall–Kier alpha value is -2.95. The molecule has 2 aromatic heterocycles. The second kappa shape index (κ2) is 8.16. The highest BCUT2D eigenvalue weighted by Gasteiger charge is 2.22. The summed E-state index contributed by atoms with van der Waals surface area (Å²) in [6.45, 7) is 6.66. The Kier molecular flexibility index (Phi) is 5.69. The highest BCUT2D eigenvalue weighted by Crippen LogP contribution is 2.24. The number of aromatic nitrogens is 3. The number of hydrogen-bond acceptors (Lipinski definition) is 3. The number of carbonyl (C=O) groups is 1. The number of hydrogen-bond donors (Lipinski definition) is 0. The van der Waals surface area contributed by atoms with Crippen molar-refractivity contribution in [1.29, 1.82) is 0 Å². The quantitative estimate of drug-likeness (QED) is 0.659. The maximum absolute atomic E-state index is 13.3. The Balaban J connectivity index is 1.92. The second-order valence-electron chi connectivity index (χ2n) is 6.89. The first-order valence-electron chi connectivity index (χ1n) is 9.31. The summed E-state index contributed by atoms with van der Waals surface area (Å²) in [6, 6.07) is 13.7. The SMILES string of the molecule is CCC(C)N(Cc1ccccn1)C(=O)c1cccc(-c2cn(C)nc2C)c1. The molecule has 2 heterocycles. The van der Waals surface area contributed by atoms with Crippen molar-refractivity contribution < 1.29 is 4.79 Å². The molecular weight excluding hydrogens is 336 g/mol. The molecule has 0 saturated heterocycles. The van der Waals surface area contributed by atoms with Gasteiger partial charge in [0.25, 0.3) is 5.91 Å². The normalized spacial score (nSPS) is 12.0. The van der Waals surface area contributed by atoms with Gasteiger partial charge >= 0.3 is 0 Å². The lowest BCUT2D eigenvalue weighted by molar-refractivity contribution is 0.0669. The minimum atomic E-state index is 0.0263. The van der Waals surface area contributed by atoms with Crippen molar-refractivity contribution in [3.8, 4) is 11.1 Å². The van der Waals surface area contributed by atoms with Crippen LogP contribution in [0.25, 0.3) is 11.1 Å². The summed E-state index contributed by atoms with van der Waals surface area (Å²) in [7, 11) is 1.91. The second-order valence-corrected chi connectivity index (χ2v) is 6.89. The van der Waals surface area contributed by atoms with Gasteiger partial charge in [-0.15, -0.1) is 0 Å². The summed E-state index contributed by atoms with van der Waals surface area (Å²) in [5.41, 5.74) is 4.59. The molecule has 0 bridgehead atoms. The van der Waals surface area contributed by atoms with Crippen LogP contribution in [0.15, 0.2) is 54.9 Å². The van der Waals surface area contributed by atoms with Crippen LogP contribution in [0.3, 0.4) is 0 Å². The third kappa shape index (κ3) is 4.25. The molecule has 0 aliphatic carbocycles. The minimum absolute atomic E-state index is 0.0263. The van der Waals surface area contributed by atoms with Crippen molar-refractivity contribution in [3.05, 3.63) is 71.8 Å². The summed E-state index contributed by atoms with van der Waals surface area (Å²) in [6.07, 6.45) is 4.64. The molecule has 5 heteroatoms. The van der Waals surface area contributed by atoms with E-state index in [-0.39, 0.29) is 11.9 Å². The third-order valence-corrected chi connectivity index (χ3v) is 4.88. The molecule has 1 unspecified atom stereocenters. The van der Waals surface area contributed by atoms with Crippen LogP contribution >= 0.6 is 0 Å². The topological polar surface area (TPSA) is 51.0 Å². The van der Waals surface area contributed by atoms with Crippen molar-refractivity contribution in [2.45, 2.75) is 39.8 Å². The molecule has 3 rings (SSSR count). The summed E-state index contributed by atoms with van der Waals surface area (Å²) < 4.78 is 1.80. The molecule has 0 fully saturated rings. The monoisotopic (exact) mass is 362 g/mol. The molecule has 0 N–H and O–H groups in total. The zero-order chi connectivity index (χ0) is 19.4. The predicted molar refractivity (Wildman–Crippen MR) is 107 cm³/mol. The highest BCUT2D eigenvalue weighted by atomic mass is 16.2. The van der Waals surface area contributed by atoms with Gasteiger partial charge in [0.15, 0.2) is 0 Å². The minimum Gasteiger partial charge on any atom is -0.330 e. The molecule has 1 aromatic carbocycles. The van der Waals surface area contributed by atoms with E-state index in [1.165, 1.54) is 0 Å². The number of rotatable bonds is 6. The zero-order valence-electron chi connectivity index (χ0n) is 16.4. The van der Waals surface area contributed by atoms with E-state index in [9.17, 15) is 4.79 Å². The average Bonchev–Trinajstić information content (AvgIpc) is 3.04. The van der Waals surface area contributed by atoms with Gasteiger partial charge in [-0.1, -0.05) is 25.1 Å². The van der Waals surface area contributed by atoms with Gasteiger partial charge in [-0.05, 0) is 50.1 Å². The van der Waals surface area contributed by atoms with Crippen molar-refractivity contribution in [2.24, 2.45) is 7.05 Å². The third-order valence-electron chi connectivity index (χ3n) is 4.88. The number of amides is 1. The van der Waals surface area contributed by atoms with Crippen LogP contribution in [0.1, 0.15) is 42.0 Å². The number of aryl methyl sites for hydroxylation is 2. The van der Waals surface area contributed by atoms with Crippen LogP contribution in [0, 0.1) is 6.92 Å². The van der Waals surface area contributed by atoms with E-state index in [4.69, 9.17) is 0 Å². The smallest absolute Gasteiger partial charge is 0.254 e. The summed E-state index contributed by atoms with van der Waals surface area (Å²) in [5.74, 6) is 0.0263. The highest BCUT2D eigenvalue weighted by molar-refractivity contribution is 5.95. The first-order valence-corrected chi connectivity index (χ1v) is 9.31. The molecule has 5 nitrogen and oxygen atoms in total. The van der Waals surface area contributed by atoms with E-state index in [1.54, 1.807) is 10.9 Å².